The maximum atomic E-state index is 12.2. The second-order valence-electron chi connectivity index (χ2n) is 5.48. The predicted molar refractivity (Wildman–Crippen MR) is 73.1 cm³/mol. The number of fused-ring (bicyclic) bond motifs is 1. The van der Waals surface area contributed by atoms with Crippen LogP contribution in [0.5, 0.6) is 0 Å². The second-order valence-corrected chi connectivity index (χ2v) is 7.16. The molecule has 1 aromatic carbocycles. The number of hydrogen-bond donors (Lipinski definition) is 1. The van der Waals surface area contributed by atoms with Crippen molar-refractivity contribution in [2.24, 2.45) is 0 Å². The van der Waals surface area contributed by atoms with Crippen LogP contribution in [0.2, 0.25) is 0 Å². The summed E-state index contributed by atoms with van der Waals surface area (Å²) in [5.74, 6) is 0. The molecule has 0 atom stereocenters. The van der Waals surface area contributed by atoms with Gasteiger partial charge in [-0.15, -0.1) is 0 Å². The van der Waals surface area contributed by atoms with E-state index in [1.54, 1.807) is 26.0 Å². The summed E-state index contributed by atoms with van der Waals surface area (Å²) in [4.78, 5) is 0.247. The Morgan fingerprint density at radius 1 is 1.21 bits per heavy atom. The van der Waals surface area contributed by atoms with Crippen LogP contribution in [-0.2, 0) is 22.9 Å². The van der Waals surface area contributed by atoms with Crippen molar-refractivity contribution < 1.29 is 8.42 Å². The monoisotopic (exact) mass is 278 g/mol. The summed E-state index contributed by atoms with van der Waals surface area (Å²) < 4.78 is 26.9. The van der Waals surface area contributed by atoms with Gasteiger partial charge in [0.2, 0.25) is 10.0 Å². The summed E-state index contributed by atoms with van der Waals surface area (Å²) in [6, 6.07) is 7.20. The molecule has 1 aromatic rings. The standard InChI is InChI=1S/C14H18N2O2S/c1-14(2,10-15)16-19(17,18)13-8-7-11-5-3-4-6-12(11)9-13/h7-9,16H,3-6H2,1-2H3. The summed E-state index contributed by atoms with van der Waals surface area (Å²) in [6.07, 6.45) is 4.22. The van der Waals surface area contributed by atoms with Gasteiger partial charge in [0.15, 0.2) is 0 Å². The quantitative estimate of drug-likeness (QED) is 0.921. The molecule has 1 aliphatic carbocycles. The molecule has 0 unspecified atom stereocenters. The molecule has 0 radical (unpaired) electrons. The third kappa shape index (κ3) is 3.14. The molecule has 4 nitrogen and oxygen atoms in total. The maximum absolute atomic E-state index is 12.2. The highest BCUT2D eigenvalue weighted by atomic mass is 32.2. The number of rotatable bonds is 3. The van der Waals surface area contributed by atoms with Gasteiger partial charge in [-0.1, -0.05) is 6.07 Å². The highest BCUT2D eigenvalue weighted by Gasteiger charge is 2.26. The zero-order valence-corrected chi connectivity index (χ0v) is 12.0. The third-order valence-electron chi connectivity index (χ3n) is 3.30. The molecule has 0 amide bonds. The molecule has 5 heteroatoms. The molecule has 0 aliphatic heterocycles. The Balaban J connectivity index is 2.34. The van der Waals surface area contributed by atoms with Crippen molar-refractivity contribution in [1.29, 1.82) is 5.26 Å². The molecule has 2 rings (SSSR count). The van der Waals surface area contributed by atoms with Gasteiger partial charge in [-0.3, -0.25) is 0 Å². The minimum atomic E-state index is -3.64. The van der Waals surface area contributed by atoms with Crippen LogP contribution in [0.4, 0.5) is 0 Å². The Morgan fingerprint density at radius 3 is 2.47 bits per heavy atom. The Labute approximate surface area is 114 Å². The number of nitrogens with zero attached hydrogens (tertiary/aromatic N) is 1. The minimum Gasteiger partial charge on any atom is -0.207 e. The number of nitrogens with one attached hydrogen (secondary N) is 1. The zero-order valence-electron chi connectivity index (χ0n) is 11.2. The van der Waals surface area contributed by atoms with Crippen LogP contribution in [0.3, 0.4) is 0 Å². The Kier molecular flexibility index (Phi) is 3.66. The van der Waals surface area contributed by atoms with E-state index in [4.69, 9.17) is 5.26 Å². The number of benzene rings is 1. The molecule has 1 N–H and O–H groups in total. The first-order valence-corrected chi connectivity index (χ1v) is 7.89. The largest absolute Gasteiger partial charge is 0.241 e. The van der Waals surface area contributed by atoms with Gasteiger partial charge in [-0.25, -0.2) is 8.42 Å². The Morgan fingerprint density at radius 2 is 1.84 bits per heavy atom. The summed E-state index contributed by atoms with van der Waals surface area (Å²) in [5, 5.41) is 8.92. The fourth-order valence-electron chi connectivity index (χ4n) is 2.29. The van der Waals surface area contributed by atoms with Crippen LogP contribution in [0.25, 0.3) is 0 Å². The normalized spacial score (nSPS) is 15.6. The van der Waals surface area contributed by atoms with Crippen molar-refractivity contribution in [3.8, 4) is 6.07 Å². The molecule has 0 fully saturated rings. The van der Waals surface area contributed by atoms with E-state index in [1.165, 1.54) is 12.0 Å². The van der Waals surface area contributed by atoms with E-state index >= 15 is 0 Å². The molecule has 19 heavy (non-hydrogen) atoms. The molecule has 102 valence electrons. The lowest BCUT2D eigenvalue weighted by atomic mass is 9.92. The molecular weight excluding hydrogens is 260 g/mol. The van der Waals surface area contributed by atoms with Crippen molar-refractivity contribution in [2.45, 2.75) is 50.0 Å². The predicted octanol–water partition coefficient (Wildman–Crippen LogP) is 2.15. The van der Waals surface area contributed by atoms with Crippen LogP contribution < -0.4 is 4.72 Å². The molecule has 0 saturated carbocycles. The summed E-state index contributed by atoms with van der Waals surface area (Å²) in [7, 11) is -3.64. The summed E-state index contributed by atoms with van der Waals surface area (Å²) >= 11 is 0. The summed E-state index contributed by atoms with van der Waals surface area (Å²) in [6.45, 7) is 3.09. The first-order valence-electron chi connectivity index (χ1n) is 6.41. The topological polar surface area (TPSA) is 70.0 Å². The van der Waals surface area contributed by atoms with Crippen molar-refractivity contribution in [2.75, 3.05) is 0 Å². The average Bonchev–Trinajstić information content (AvgIpc) is 2.37. The van der Waals surface area contributed by atoms with Crippen LogP contribution in [0.15, 0.2) is 23.1 Å². The first-order chi connectivity index (χ1) is 8.84. The van der Waals surface area contributed by atoms with Crippen LogP contribution >= 0.6 is 0 Å². The van der Waals surface area contributed by atoms with Gasteiger partial charge in [0.05, 0.1) is 11.0 Å². The summed E-state index contributed by atoms with van der Waals surface area (Å²) in [5.41, 5.74) is 1.25. The fourth-order valence-corrected chi connectivity index (χ4v) is 3.67. The number of nitriles is 1. The zero-order chi connectivity index (χ0) is 14.1. The maximum Gasteiger partial charge on any atom is 0.241 e. The molecule has 0 aromatic heterocycles. The van der Waals surface area contributed by atoms with E-state index in [1.807, 2.05) is 12.1 Å². The highest BCUT2D eigenvalue weighted by Crippen LogP contribution is 2.24. The second kappa shape index (κ2) is 4.95. The van der Waals surface area contributed by atoms with Gasteiger partial charge < -0.3 is 0 Å². The number of aryl methyl sites for hydroxylation is 2. The lowest BCUT2D eigenvalue weighted by Gasteiger charge is -2.20. The van der Waals surface area contributed by atoms with E-state index in [9.17, 15) is 8.42 Å². The van der Waals surface area contributed by atoms with E-state index in [-0.39, 0.29) is 4.90 Å². The van der Waals surface area contributed by atoms with Crippen molar-refractivity contribution in [3.05, 3.63) is 29.3 Å². The molecular formula is C14H18N2O2S. The molecule has 1 aliphatic rings. The minimum absolute atomic E-state index is 0.247. The van der Waals surface area contributed by atoms with Crippen LogP contribution in [0.1, 0.15) is 37.8 Å². The van der Waals surface area contributed by atoms with E-state index < -0.39 is 15.6 Å². The SMILES string of the molecule is CC(C)(C#N)NS(=O)(=O)c1ccc2c(c1)CCCC2. The van der Waals surface area contributed by atoms with Gasteiger partial charge >= 0.3 is 0 Å². The lowest BCUT2D eigenvalue weighted by Crippen LogP contribution is -2.42. The van der Waals surface area contributed by atoms with Gasteiger partial charge in [0.25, 0.3) is 0 Å². The van der Waals surface area contributed by atoms with Gasteiger partial charge in [0.1, 0.15) is 5.54 Å². The van der Waals surface area contributed by atoms with Crippen LogP contribution in [-0.4, -0.2) is 14.0 Å². The van der Waals surface area contributed by atoms with Crippen molar-refractivity contribution in [3.63, 3.8) is 0 Å². The molecule has 0 saturated heterocycles. The van der Waals surface area contributed by atoms with Crippen molar-refractivity contribution >= 4 is 10.0 Å². The smallest absolute Gasteiger partial charge is 0.207 e. The van der Waals surface area contributed by atoms with Crippen molar-refractivity contribution in [1.82, 2.24) is 4.72 Å². The number of sulfonamides is 1. The average molecular weight is 278 g/mol. The van der Waals surface area contributed by atoms with E-state index in [0.717, 1.165) is 24.8 Å². The molecule has 0 bridgehead atoms. The van der Waals surface area contributed by atoms with E-state index in [0.29, 0.717) is 0 Å². The Bertz CT molecular complexity index is 627. The third-order valence-corrected chi connectivity index (χ3v) is 4.95. The van der Waals surface area contributed by atoms with E-state index in [2.05, 4.69) is 4.72 Å². The van der Waals surface area contributed by atoms with Crippen LogP contribution in [0, 0.1) is 11.3 Å². The van der Waals surface area contributed by atoms with Gasteiger partial charge in [-0.2, -0.15) is 9.98 Å². The lowest BCUT2D eigenvalue weighted by molar-refractivity contribution is 0.535. The molecule has 0 heterocycles. The Hall–Kier alpha value is -1.38. The highest BCUT2D eigenvalue weighted by molar-refractivity contribution is 7.89. The fraction of sp³-hybridized carbons (Fsp3) is 0.500. The first kappa shape index (κ1) is 14.0. The number of hydrogen-bond acceptors (Lipinski definition) is 3. The van der Waals surface area contributed by atoms with Gasteiger partial charge in [0, 0.05) is 0 Å². The van der Waals surface area contributed by atoms with Gasteiger partial charge in [-0.05, 0) is 62.8 Å². The molecule has 0 spiro atoms.